The molecule has 0 saturated carbocycles. The maximum absolute atomic E-state index is 6.16. The topological polar surface area (TPSA) is 30.5 Å². The van der Waals surface area contributed by atoms with Gasteiger partial charge < -0.3 is 14.8 Å². The van der Waals surface area contributed by atoms with Crippen molar-refractivity contribution in [2.75, 3.05) is 13.2 Å². The first-order valence-corrected chi connectivity index (χ1v) is 8.88. The molecule has 0 bridgehead atoms. The third kappa shape index (κ3) is 4.73. The minimum Gasteiger partial charge on any atom is -0.489 e. The van der Waals surface area contributed by atoms with E-state index in [2.05, 4.69) is 24.4 Å². The molecule has 2 aromatic carbocycles. The second kappa shape index (κ2) is 8.52. The number of nitrogens with one attached hydrogen (secondary N) is 1. The van der Waals surface area contributed by atoms with E-state index in [4.69, 9.17) is 21.1 Å². The summed E-state index contributed by atoms with van der Waals surface area (Å²) in [7, 11) is 0. The number of benzene rings is 2. The lowest BCUT2D eigenvalue weighted by Crippen LogP contribution is -2.26. The molecule has 1 saturated heterocycles. The van der Waals surface area contributed by atoms with Crippen molar-refractivity contribution >= 4 is 11.6 Å². The van der Waals surface area contributed by atoms with Crippen LogP contribution in [-0.4, -0.2) is 19.3 Å². The van der Waals surface area contributed by atoms with Crippen LogP contribution in [0.3, 0.4) is 0 Å². The van der Waals surface area contributed by atoms with Gasteiger partial charge in [0.25, 0.3) is 0 Å². The summed E-state index contributed by atoms with van der Waals surface area (Å²) in [5, 5.41) is 4.19. The van der Waals surface area contributed by atoms with Crippen molar-refractivity contribution in [1.29, 1.82) is 0 Å². The third-order valence-electron chi connectivity index (χ3n) is 4.38. The molecule has 1 N–H and O–H groups in total. The number of hydrogen-bond donors (Lipinski definition) is 1. The Bertz CT molecular complexity index is 668. The molecule has 3 rings (SSSR count). The molecule has 128 valence electrons. The summed E-state index contributed by atoms with van der Waals surface area (Å²) in [6.07, 6.45) is 2.63. The normalized spacial score (nSPS) is 17.2. The van der Waals surface area contributed by atoms with E-state index in [1.54, 1.807) is 0 Å². The highest BCUT2D eigenvalue weighted by Gasteiger charge is 2.15. The Hall–Kier alpha value is -1.55. The van der Waals surface area contributed by atoms with Gasteiger partial charge in [0.15, 0.2) is 0 Å². The predicted octanol–water partition coefficient (Wildman–Crippen LogP) is 4.50. The Balaban J connectivity index is 1.60. The van der Waals surface area contributed by atoms with E-state index in [1.165, 1.54) is 11.1 Å². The SMILES string of the molecule is Cc1ccccc1COc1ccc(Cl)cc1CNC[C@@H]1CCCO1. The molecule has 1 fully saturated rings. The third-order valence-corrected chi connectivity index (χ3v) is 4.61. The minimum atomic E-state index is 0.334. The van der Waals surface area contributed by atoms with E-state index >= 15 is 0 Å². The Labute approximate surface area is 148 Å². The van der Waals surface area contributed by atoms with Gasteiger partial charge in [0, 0.05) is 30.3 Å². The Morgan fingerprint density at radius 3 is 2.88 bits per heavy atom. The van der Waals surface area contributed by atoms with Crippen molar-refractivity contribution in [2.24, 2.45) is 0 Å². The Morgan fingerprint density at radius 2 is 2.08 bits per heavy atom. The first kappa shape index (κ1) is 17.3. The van der Waals surface area contributed by atoms with Gasteiger partial charge in [-0.1, -0.05) is 35.9 Å². The maximum atomic E-state index is 6.16. The number of hydrogen-bond acceptors (Lipinski definition) is 3. The van der Waals surface area contributed by atoms with Gasteiger partial charge in [0.05, 0.1) is 6.10 Å². The molecule has 0 spiro atoms. The van der Waals surface area contributed by atoms with E-state index in [1.807, 2.05) is 30.3 Å². The van der Waals surface area contributed by atoms with Crippen LogP contribution in [0.2, 0.25) is 5.02 Å². The highest BCUT2D eigenvalue weighted by atomic mass is 35.5. The zero-order chi connectivity index (χ0) is 16.8. The van der Waals surface area contributed by atoms with Crippen molar-refractivity contribution in [3.8, 4) is 5.75 Å². The summed E-state index contributed by atoms with van der Waals surface area (Å²) in [6.45, 7) is 5.14. The first-order valence-electron chi connectivity index (χ1n) is 8.50. The second-order valence-electron chi connectivity index (χ2n) is 6.23. The van der Waals surface area contributed by atoms with Gasteiger partial charge in [-0.2, -0.15) is 0 Å². The van der Waals surface area contributed by atoms with Crippen molar-refractivity contribution in [3.05, 3.63) is 64.2 Å². The first-order chi connectivity index (χ1) is 11.7. The molecule has 0 unspecified atom stereocenters. The van der Waals surface area contributed by atoms with E-state index in [9.17, 15) is 0 Å². The molecule has 4 heteroatoms. The molecule has 1 aliphatic rings. The summed E-state index contributed by atoms with van der Waals surface area (Å²) in [4.78, 5) is 0. The monoisotopic (exact) mass is 345 g/mol. The smallest absolute Gasteiger partial charge is 0.124 e. The molecule has 0 aliphatic carbocycles. The maximum Gasteiger partial charge on any atom is 0.124 e. The van der Waals surface area contributed by atoms with Gasteiger partial charge in [-0.25, -0.2) is 0 Å². The molecule has 1 heterocycles. The molecule has 24 heavy (non-hydrogen) atoms. The summed E-state index contributed by atoms with van der Waals surface area (Å²) >= 11 is 6.16. The van der Waals surface area contributed by atoms with Crippen molar-refractivity contribution in [3.63, 3.8) is 0 Å². The van der Waals surface area contributed by atoms with Crippen LogP contribution < -0.4 is 10.1 Å². The fourth-order valence-corrected chi connectivity index (χ4v) is 3.12. The van der Waals surface area contributed by atoms with E-state index < -0.39 is 0 Å². The summed E-state index contributed by atoms with van der Waals surface area (Å²) < 4.78 is 11.7. The Morgan fingerprint density at radius 1 is 1.21 bits per heavy atom. The minimum absolute atomic E-state index is 0.334. The molecule has 1 aliphatic heterocycles. The molecule has 0 amide bonds. The van der Waals surface area contributed by atoms with Crippen LogP contribution in [0.5, 0.6) is 5.75 Å². The Kier molecular flexibility index (Phi) is 6.13. The highest BCUT2D eigenvalue weighted by Crippen LogP contribution is 2.24. The van der Waals surface area contributed by atoms with Gasteiger partial charge in [-0.3, -0.25) is 0 Å². The molecule has 0 radical (unpaired) electrons. The fraction of sp³-hybridized carbons (Fsp3) is 0.400. The van der Waals surface area contributed by atoms with Crippen LogP contribution in [0, 0.1) is 6.92 Å². The van der Waals surface area contributed by atoms with E-state index in [0.717, 1.165) is 48.9 Å². The molecule has 2 aromatic rings. The van der Waals surface area contributed by atoms with Crippen molar-refractivity contribution in [1.82, 2.24) is 5.32 Å². The van der Waals surface area contributed by atoms with Crippen LogP contribution >= 0.6 is 11.6 Å². The van der Waals surface area contributed by atoms with Gasteiger partial charge in [-0.15, -0.1) is 0 Å². The molecule has 0 aromatic heterocycles. The average molecular weight is 346 g/mol. The van der Waals surface area contributed by atoms with Gasteiger partial charge in [0.1, 0.15) is 12.4 Å². The number of rotatable bonds is 7. The van der Waals surface area contributed by atoms with Crippen LogP contribution in [0.25, 0.3) is 0 Å². The number of ether oxygens (including phenoxy) is 2. The molecule has 3 nitrogen and oxygen atoms in total. The largest absolute Gasteiger partial charge is 0.489 e. The van der Waals surface area contributed by atoms with Crippen molar-refractivity contribution in [2.45, 2.75) is 39.0 Å². The predicted molar refractivity (Wildman–Crippen MR) is 97.6 cm³/mol. The van der Waals surface area contributed by atoms with Crippen LogP contribution in [-0.2, 0) is 17.9 Å². The standard InChI is InChI=1S/C20H24ClNO2/c1-15-5-2-3-6-16(15)14-24-20-9-8-18(21)11-17(20)12-22-13-19-7-4-10-23-19/h2-3,5-6,8-9,11,19,22H,4,7,10,12-14H2,1H3/t19-/m0/s1. The fourth-order valence-electron chi connectivity index (χ4n) is 2.93. The van der Waals surface area contributed by atoms with E-state index in [-0.39, 0.29) is 0 Å². The van der Waals surface area contributed by atoms with Crippen LogP contribution in [0.15, 0.2) is 42.5 Å². The number of halogens is 1. The lowest BCUT2D eigenvalue weighted by Gasteiger charge is -2.15. The van der Waals surface area contributed by atoms with Crippen LogP contribution in [0.4, 0.5) is 0 Å². The summed E-state index contributed by atoms with van der Waals surface area (Å²) in [6, 6.07) is 14.1. The van der Waals surface area contributed by atoms with Gasteiger partial charge >= 0.3 is 0 Å². The lowest BCUT2D eigenvalue weighted by atomic mass is 10.1. The van der Waals surface area contributed by atoms with Gasteiger partial charge in [0.2, 0.25) is 0 Å². The van der Waals surface area contributed by atoms with Gasteiger partial charge in [-0.05, 0) is 49.1 Å². The van der Waals surface area contributed by atoms with Crippen molar-refractivity contribution < 1.29 is 9.47 Å². The summed E-state index contributed by atoms with van der Waals surface area (Å²) in [5.74, 6) is 0.877. The van der Waals surface area contributed by atoms with E-state index in [0.29, 0.717) is 12.7 Å². The summed E-state index contributed by atoms with van der Waals surface area (Å²) in [5.41, 5.74) is 3.52. The second-order valence-corrected chi connectivity index (χ2v) is 6.67. The molecule has 1 atom stereocenters. The zero-order valence-electron chi connectivity index (χ0n) is 14.1. The quantitative estimate of drug-likeness (QED) is 0.801. The zero-order valence-corrected chi connectivity index (χ0v) is 14.8. The molecular weight excluding hydrogens is 322 g/mol. The average Bonchev–Trinajstić information content (AvgIpc) is 3.09. The van der Waals surface area contributed by atoms with Crippen LogP contribution in [0.1, 0.15) is 29.5 Å². The lowest BCUT2D eigenvalue weighted by molar-refractivity contribution is 0.110. The highest BCUT2D eigenvalue weighted by molar-refractivity contribution is 6.30. The number of aryl methyl sites for hydroxylation is 1. The molecular formula is C20H24ClNO2.